The third-order valence-corrected chi connectivity index (χ3v) is 4.77. The van der Waals surface area contributed by atoms with Crippen molar-refractivity contribution in [3.63, 3.8) is 0 Å². The van der Waals surface area contributed by atoms with Gasteiger partial charge in [-0.05, 0) is 60.2 Å². The van der Waals surface area contributed by atoms with E-state index in [0.29, 0.717) is 5.92 Å². The lowest BCUT2D eigenvalue weighted by atomic mass is 9.94. The standard InChI is InChI=1S/C17H17BrCl2O/c1-21-17-6-5-16(20)10-14(17)8-13(11-18)7-12-3-2-4-15(19)9-12/h2-6,9-10,13H,7-8,11H2,1H3. The summed E-state index contributed by atoms with van der Waals surface area (Å²) in [6.07, 6.45) is 1.86. The number of benzene rings is 2. The maximum atomic E-state index is 6.10. The van der Waals surface area contributed by atoms with Crippen LogP contribution >= 0.6 is 39.1 Å². The zero-order chi connectivity index (χ0) is 15.2. The fourth-order valence-electron chi connectivity index (χ4n) is 2.40. The molecular weight excluding hydrogens is 371 g/mol. The quantitative estimate of drug-likeness (QED) is 0.569. The Hall–Kier alpha value is -0.700. The average molecular weight is 388 g/mol. The van der Waals surface area contributed by atoms with Crippen molar-refractivity contribution in [3.05, 3.63) is 63.6 Å². The number of halogens is 3. The first kappa shape index (κ1) is 16.7. The summed E-state index contributed by atoms with van der Waals surface area (Å²) >= 11 is 15.8. The molecule has 2 rings (SSSR count). The third-order valence-electron chi connectivity index (χ3n) is 3.38. The summed E-state index contributed by atoms with van der Waals surface area (Å²) in [6, 6.07) is 13.8. The minimum atomic E-state index is 0.454. The lowest BCUT2D eigenvalue weighted by Gasteiger charge is -2.17. The largest absolute Gasteiger partial charge is 0.496 e. The van der Waals surface area contributed by atoms with E-state index in [0.717, 1.165) is 39.5 Å². The zero-order valence-electron chi connectivity index (χ0n) is 11.8. The molecular formula is C17H17BrCl2O. The Kier molecular flexibility index (Phi) is 6.40. The van der Waals surface area contributed by atoms with Crippen LogP contribution in [0.2, 0.25) is 10.0 Å². The van der Waals surface area contributed by atoms with Crippen LogP contribution in [0.25, 0.3) is 0 Å². The van der Waals surface area contributed by atoms with E-state index in [1.165, 1.54) is 5.56 Å². The van der Waals surface area contributed by atoms with E-state index in [2.05, 4.69) is 22.0 Å². The van der Waals surface area contributed by atoms with Crippen LogP contribution < -0.4 is 4.74 Å². The van der Waals surface area contributed by atoms with Crippen molar-refractivity contribution < 1.29 is 4.74 Å². The Labute approximate surface area is 144 Å². The number of methoxy groups -OCH3 is 1. The summed E-state index contributed by atoms with van der Waals surface area (Å²) in [6.45, 7) is 0. The summed E-state index contributed by atoms with van der Waals surface area (Å²) in [7, 11) is 1.69. The smallest absolute Gasteiger partial charge is 0.122 e. The Bertz CT molecular complexity index is 601. The molecule has 0 N–H and O–H groups in total. The molecule has 0 aliphatic rings. The van der Waals surface area contributed by atoms with Gasteiger partial charge in [-0.1, -0.05) is 51.3 Å². The summed E-state index contributed by atoms with van der Waals surface area (Å²) in [5.41, 5.74) is 2.38. The van der Waals surface area contributed by atoms with Gasteiger partial charge in [-0.2, -0.15) is 0 Å². The van der Waals surface area contributed by atoms with E-state index in [4.69, 9.17) is 27.9 Å². The molecule has 4 heteroatoms. The Balaban J connectivity index is 2.14. The summed E-state index contributed by atoms with van der Waals surface area (Å²) in [4.78, 5) is 0. The highest BCUT2D eigenvalue weighted by atomic mass is 79.9. The maximum Gasteiger partial charge on any atom is 0.122 e. The normalized spacial score (nSPS) is 12.2. The highest BCUT2D eigenvalue weighted by Crippen LogP contribution is 2.27. The molecule has 0 fully saturated rings. The molecule has 0 bridgehead atoms. The number of ether oxygens (including phenoxy) is 1. The van der Waals surface area contributed by atoms with Crippen LogP contribution in [0.15, 0.2) is 42.5 Å². The summed E-state index contributed by atoms with van der Waals surface area (Å²) < 4.78 is 5.42. The first-order chi connectivity index (χ1) is 10.1. The van der Waals surface area contributed by atoms with Crippen LogP contribution in [-0.4, -0.2) is 12.4 Å². The average Bonchev–Trinajstić information content (AvgIpc) is 2.47. The lowest BCUT2D eigenvalue weighted by Crippen LogP contribution is -2.10. The van der Waals surface area contributed by atoms with E-state index in [-0.39, 0.29) is 0 Å². The monoisotopic (exact) mass is 386 g/mol. The summed E-state index contributed by atoms with van der Waals surface area (Å²) in [5.74, 6) is 1.34. The molecule has 0 aliphatic carbocycles. The summed E-state index contributed by atoms with van der Waals surface area (Å²) in [5, 5.41) is 2.43. The van der Waals surface area contributed by atoms with Crippen LogP contribution in [0.5, 0.6) is 5.75 Å². The van der Waals surface area contributed by atoms with Gasteiger partial charge in [-0.3, -0.25) is 0 Å². The van der Waals surface area contributed by atoms with Crippen molar-refractivity contribution in [1.29, 1.82) is 0 Å². The van der Waals surface area contributed by atoms with Gasteiger partial charge in [0.05, 0.1) is 7.11 Å². The highest BCUT2D eigenvalue weighted by molar-refractivity contribution is 9.09. The van der Waals surface area contributed by atoms with Crippen molar-refractivity contribution in [2.75, 3.05) is 12.4 Å². The first-order valence-electron chi connectivity index (χ1n) is 6.75. The van der Waals surface area contributed by atoms with Gasteiger partial charge >= 0.3 is 0 Å². The second-order valence-electron chi connectivity index (χ2n) is 5.01. The molecule has 0 aliphatic heterocycles. The number of alkyl halides is 1. The predicted molar refractivity (Wildman–Crippen MR) is 94.1 cm³/mol. The third kappa shape index (κ3) is 4.91. The van der Waals surface area contributed by atoms with E-state index in [9.17, 15) is 0 Å². The molecule has 0 spiro atoms. The van der Waals surface area contributed by atoms with E-state index in [1.54, 1.807) is 7.11 Å². The Morgan fingerprint density at radius 2 is 1.81 bits per heavy atom. The molecule has 0 heterocycles. The van der Waals surface area contributed by atoms with Gasteiger partial charge in [0.25, 0.3) is 0 Å². The van der Waals surface area contributed by atoms with Crippen LogP contribution in [0.3, 0.4) is 0 Å². The lowest BCUT2D eigenvalue weighted by molar-refractivity contribution is 0.406. The predicted octanol–water partition coefficient (Wildman–Crippen LogP) is 5.80. The van der Waals surface area contributed by atoms with Crippen LogP contribution in [0.4, 0.5) is 0 Å². The molecule has 21 heavy (non-hydrogen) atoms. The molecule has 0 amide bonds. The van der Waals surface area contributed by atoms with Gasteiger partial charge in [-0.15, -0.1) is 0 Å². The first-order valence-corrected chi connectivity index (χ1v) is 8.63. The fraction of sp³-hybridized carbons (Fsp3) is 0.294. The Morgan fingerprint density at radius 1 is 1.05 bits per heavy atom. The second-order valence-corrected chi connectivity index (χ2v) is 6.54. The molecule has 0 radical (unpaired) electrons. The number of hydrogen-bond acceptors (Lipinski definition) is 1. The molecule has 1 nitrogen and oxygen atoms in total. The SMILES string of the molecule is COc1ccc(Cl)cc1CC(CBr)Cc1cccc(Cl)c1. The van der Waals surface area contributed by atoms with Crippen LogP contribution in [0.1, 0.15) is 11.1 Å². The number of rotatable bonds is 6. The number of hydrogen-bond donors (Lipinski definition) is 0. The van der Waals surface area contributed by atoms with Gasteiger partial charge in [0.15, 0.2) is 0 Å². The van der Waals surface area contributed by atoms with Crippen molar-refractivity contribution in [2.24, 2.45) is 5.92 Å². The minimum Gasteiger partial charge on any atom is -0.496 e. The molecule has 2 aromatic rings. The maximum absolute atomic E-state index is 6.10. The Morgan fingerprint density at radius 3 is 2.48 bits per heavy atom. The second kappa shape index (κ2) is 8.07. The van der Waals surface area contributed by atoms with Gasteiger partial charge in [-0.25, -0.2) is 0 Å². The topological polar surface area (TPSA) is 9.23 Å². The van der Waals surface area contributed by atoms with Crippen molar-refractivity contribution in [3.8, 4) is 5.75 Å². The highest BCUT2D eigenvalue weighted by Gasteiger charge is 2.13. The van der Waals surface area contributed by atoms with Gasteiger partial charge in [0, 0.05) is 15.4 Å². The molecule has 1 atom stereocenters. The van der Waals surface area contributed by atoms with Crippen LogP contribution in [-0.2, 0) is 12.8 Å². The molecule has 1 unspecified atom stereocenters. The fourth-order valence-corrected chi connectivity index (χ4v) is 3.26. The molecule has 0 saturated carbocycles. The molecule has 0 saturated heterocycles. The van der Waals surface area contributed by atoms with Gasteiger partial charge < -0.3 is 4.74 Å². The van der Waals surface area contributed by atoms with Crippen LogP contribution in [0, 0.1) is 5.92 Å². The van der Waals surface area contributed by atoms with E-state index >= 15 is 0 Å². The molecule has 2 aromatic carbocycles. The van der Waals surface area contributed by atoms with Crippen molar-refractivity contribution in [1.82, 2.24) is 0 Å². The minimum absolute atomic E-state index is 0.454. The van der Waals surface area contributed by atoms with Crippen molar-refractivity contribution >= 4 is 39.1 Å². The van der Waals surface area contributed by atoms with Gasteiger partial charge in [0.1, 0.15) is 5.75 Å². The molecule has 112 valence electrons. The zero-order valence-corrected chi connectivity index (χ0v) is 14.9. The molecule has 0 aromatic heterocycles. The van der Waals surface area contributed by atoms with E-state index < -0.39 is 0 Å². The van der Waals surface area contributed by atoms with Crippen molar-refractivity contribution in [2.45, 2.75) is 12.8 Å². The van der Waals surface area contributed by atoms with E-state index in [1.807, 2.05) is 36.4 Å². The van der Waals surface area contributed by atoms with Gasteiger partial charge in [0.2, 0.25) is 0 Å².